The van der Waals surface area contributed by atoms with Crippen LogP contribution in [-0.4, -0.2) is 21.9 Å². The average Bonchev–Trinajstić information content (AvgIpc) is 3.06. The number of pyridine rings is 1. The minimum absolute atomic E-state index is 0.00364. The van der Waals surface area contributed by atoms with Crippen LogP contribution >= 0.6 is 0 Å². The van der Waals surface area contributed by atoms with Gasteiger partial charge in [-0.3, -0.25) is 4.79 Å². The number of carbonyl (C=O) groups excluding carboxylic acids is 1. The van der Waals surface area contributed by atoms with Gasteiger partial charge in [-0.05, 0) is 31.4 Å². The Hall–Kier alpha value is -2.96. The van der Waals surface area contributed by atoms with Gasteiger partial charge in [-0.1, -0.05) is 12.1 Å². The topological polar surface area (TPSA) is 77.2 Å². The first-order chi connectivity index (χ1) is 12.2. The van der Waals surface area contributed by atoms with Crippen molar-refractivity contribution in [3.8, 4) is 5.88 Å². The van der Waals surface area contributed by atoms with E-state index in [0.717, 1.165) is 19.3 Å². The van der Waals surface area contributed by atoms with Crippen LogP contribution in [-0.2, 0) is 6.61 Å². The number of para-hydroxylation sites is 1. The van der Waals surface area contributed by atoms with Gasteiger partial charge in [0.2, 0.25) is 11.8 Å². The van der Waals surface area contributed by atoms with Crippen molar-refractivity contribution < 1.29 is 18.3 Å². The number of benzene rings is 1. The van der Waals surface area contributed by atoms with Gasteiger partial charge in [0, 0.05) is 17.5 Å². The van der Waals surface area contributed by atoms with Crippen molar-refractivity contribution in [3.63, 3.8) is 0 Å². The third-order valence-electron chi connectivity index (χ3n) is 4.21. The molecule has 1 aliphatic carbocycles. The number of hydrogen-bond donors (Lipinski definition) is 1. The Morgan fingerprint density at radius 3 is 2.96 bits per heavy atom. The van der Waals surface area contributed by atoms with Crippen LogP contribution in [0.2, 0.25) is 0 Å². The van der Waals surface area contributed by atoms with Gasteiger partial charge < -0.3 is 14.5 Å². The predicted octanol–water partition coefficient (Wildman–Crippen LogP) is 3.22. The zero-order chi connectivity index (χ0) is 17.2. The Bertz CT molecular complexity index is 921. The Labute approximate surface area is 143 Å². The molecule has 2 aromatic heterocycles. The zero-order valence-electron chi connectivity index (χ0n) is 13.4. The van der Waals surface area contributed by atoms with Crippen molar-refractivity contribution in [2.45, 2.75) is 31.9 Å². The summed E-state index contributed by atoms with van der Waals surface area (Å²) in [5, 5.41) is 3.58. The molecule has 1 saturated carbocycles. The van der Waals surface area contributed by atoms with E-state index in [1.165, 1.54) is 12.3 Å². The number of ether oxygens (including phenoxy) is 1. The molecule has 0 atom stereocenters. The first kappa shape index (κ1) is 15.6. The number of fused-ring (bicyclic) bond motifs is 1. The van der Waals surface area contributed by atoms with E-state index in [1.807, 2.05) is 0 Å². The van der Waals surface area contributed by atoms with Crippen LogP contribution in [0.25, 0.3) is 10.9 Å². The molecule has 1 amide bonds. The van der Waals surface area contributed by atoms with Gasteiger partial charge >= 0.3 is 0 Å². The van der Waals surface area contributed by atoms with Crippen LogP contribution in [0.15, 0.2) is 41.0 Å². The van der Waals surface area contributed by atoms with E-state index in [0.29, 0.717) is 5.39 Å². The van der Waals surface area contributed by atoms with Crippen molar-refractivity contribution in [2.75, 3.05) is 0 Å². The fraction of sp³-hybridized carbons (Fsp3) is 0.278. The molecule has 1 N–H and O–H groups in total. The number of rotatable bonds is 5. The van der Waals surface area contributed by atoms with Gasteiger partial charge in [-0.15, -0.1) is 0 Å². The molecule has 0 unspecified atom stereocenters. The summed E-state index contributed by atoms with van der Waals surface area (Å²) in [6.07, 6.45) is 4.45. The summed E-state index contributed by atoms with van der Waals surface area (Å²) in [6, 6.07) is 8.36. The highest BCUT2D eigenvalue weighted by molar-refractivity contribution is 5.92. The van der Waals surface area contributed by atoms with Gasteiger partial charge in [0.1, 0.15) is 17.6 Å². The molecule has 2 heterocycles. The summed E-state index contributed by atoms with van der Waals surface area (Å²) in [5.74, 6) is -0.134. The van der Waals surface area contributed by atoms with E-state index in [-0.39, 0.29) is 41.5 Å². The summed E-state index contributed by atoms with van der Waals surface area (Å²) in [5.41, 5.74) is 0.469. The van der Waals surface area contributed by atoms with E-state index in [2.05, 4.69) is 15.3 Å². The first-order valence-corrected chi connectivity index (χ1v) is 8.12. The highest BCUT2D eigenvalue weighted by atomic mass is 19.1. The lowest BCUT2D eigenvalue weighted by Gasteiger charge is -2.25. The molecular formula is C18H16FN3O3. The molecule has 128 valence electrons. The fourth-order valence-corrected chi connectivity index (χ4v) is 2.60. The molecule has 25 heavy (non-hydrogen) atoms. The molecule has 0 saturated heterocycles. The van der Waals surface area contributed by atoms with Crippen molar-refractivity contribution in [2.24, 2.45) is 0 Å². The molecule has 0 radical (unpaired) electrons. The van der Waals surface area contributed by atoms with E-state index in [1.54, 1.807) is 24.3 Å². The van der Waals surface area contributed by atoms with E-state index in [4.69, 9.17) is 9.15 Å². The number of carbonyl (C=O) groups is 1. The van der Waals surface area contributed by atoms with Crippen molar-refractivity contribution in [1.29, 1.82) is 0 Å². The minimum atomic E-state index is -0.408. The smallest absolute Gasteiger partial charge is 0.273 e. The minimum Gasteiger partial charge on any atom is -0.468 e. The third kappa shape index (κ3) is 3.31. The van der Waals surface area contributed by atoms with Gasteiger partial charge in [0.15, 0.2) is 12.3 Å². The van der Waals surface area contributed by atoms with Crippen LogP contribution in [0.5, 0.6) is 5.88 Å². The SMILES string of the molecule is O=C(NC1CCC1)c1coc(COc2ccc3cccc(F)c3n2)n1. The summed E-state index contributed by atoms with van der Waals surface area (Å²) in [7, 11) is 0. The van der Waals surface area contributed by atoms with Crippen molar-refractivity contribution >= 4 is 16.8 Å². The summed E-state index contributed by atoms with van der Waals surface area (Å²) < 4.78 is 24.5. The van der Waals surface area contributed by atoms with Crippen LogP contribution < -0.4 is 10.1 Å². The van der Waals surface area contributed by atoms with Crippen molar-refractivity contribution in [1.82, 2.24) is 15.3 Å². The van der Waals surface area contributed by atoms with Crippen molar-refractivity contribution in [3.05, 3.63) is 54.0 Å². The maximum atomic E-state index is 13.8. The third-order valence-corrected chi connectivity index (χ3v) is 4.21. The predicted molar refractivity (Wildman–Crippen MR) is 87.6 cm³/mol. The monoisotopic (exact) mass is 341 g/mol. The molecule has 0 bridgehead atoms. The molecule has 1 fully saturated rings. The quantitative estimate of drug-likeness (QED) is 0.771. The Balaban J connectivity index is 1.41. The van der Waals surface area contributed by atoms with Crippen LogP contribution in [0, 0.1) is 5.82 Å². The zero-order valence-corrected chi connectivity index (χ0v) is 13.4. The number of halogens is 1. The number of nitrogens with zero attached hydrogens (tertiary/aromatic N) is 2. The first-order valence-electron chi connectivity index (χ1n) is 8.12. The second kappa shape index (κ2) is 6.51. The Morgan fingerprint density at radius 2 is 2.16 bits per heavy atom. The molecule has 3 aromatic rings. The molecule has 1 aromatic carbocycles. The van der Waals surface area contributed by atoms with Crippen LogP contribution in [0.4, 0.5) is 4.39 Å². The molecule has 7 heteroatoms. The second-order valence-corrected chi connectivity index (χ2v) is 5.98. The molecule has 4 rings (SSSR count). The maximum Gasteiger partial charge on any atom is 0.273 e. The van der Waals surface area contributed by atoms with Gasteiger partial charge in [0.05, 0.1) is 0 Å². The number of amides is 1. The molecular weight excluding hydrogens is 325 g/mol. The Kier molecular flexibility index (Phi) is 4.05. The highest BCUT2D eigenvalue weighted by Gasteiger charge is 2.22. The molecule has 1 aliphatic rings. The number of nitrogens with one attached hydrogen (secondary N) is 1. The summed E-state index contributed by atoms with van der Waals surface area (Å²) >= 11 is 0. The number of aromatic nitrogens is 2. The molecule has 0 spiro atoms. The van der Waals surface area contributed by atoms with Gasteiger partial charge in [-0.25, -0.2) is 14.4 Å². The van der Waals surface area contributed by atoms with Gasteiger partial charge in [-0.2, -0.15) is 0 Å². The second-order valence-electron chi connectivity index (χ2n) is 5.98. The lowest BCUT2D eigenvalue weighted by Crippen LogP contribution is -2.39. The highest BCUT2D eigenvalue weighted by Crippen LogP contribution is 2.20. The van der Waals surface area contributed by atoms with E-state index < -0.39 is 5.82 Å². The van der Waals surface area contributed by atoms with Crippen LogP contribution in [0.1, 0.15) is 35.6 Å². The fourth-order valence-electron chi connectivity index (χ4n) is 2.60. The lowest BCUT2D eigenvalue weighted by molar-refractivity contribution is 0.0911. The van der Waals surface area contributed by atoms with E-state index in [9.17, 15) is 9.18 Å². The van der Waals surface area contributed by atoms with Gasteiger partial charge in [0.25, 0.3) is 5.91 Å². The number of hydrogen-bond acceptors (Lipinski definition) is 5. The normalized spacial score (nSPS) is 14.3. The summed E-state index contributed by atoms with van der Waals surface area (Å²) in [4.78, 5) is 20.2. The Morgan fingerprint density at radius 1 is 1.28 bits per heavy atom. The number of oxazole rings is 1. The van der Waals surface area contributed by atoms with Crippen LogP contribution in [0.3, 0.4) is 0 Å². The van der Waals surface area contributed by atoms with E-state index >= 15 is 0 Å². The summed E-state index contributed by atoms with van der Waals surface area (Å²) in [6.45, 7) is 0.00364. The largest absolute Gasteiger partial charge is 0.468 e. The maximum absolute atomic E-state index is 13.8. The molecule has 0 aliphatic heterocycles. The lowest BCUT2D eigenvalue weighted by atomic mass is 9.93. The standard InChI is InChI=1S/C18H16FN3O3/c19-13-6-1-3-11-7-8-15(22-17(11)13)25-10-16-21-14(9-24-16)18(23)20-12-4-2-5-12/h1,3,6-9,12H,2,4-5,10H2,(H,20,23). The molecule has 6 nitrogen and oxygen atoms in total. The average molecular weight is 341 g/mol.